The van der Waals surface area contributed by atoms with Crippen LogP contribution >= 0.6 is 15.9 Å². The first-order chi connectivity index (χ1) is 8.71. The lowest BCUT2D eigenvalue weighted by Gasteiger charge is -2.19. The summed E-state index contributed by atoms with van der Waals surface area (Å²) in [5.74, 6) is 0. The molecule has 5 heteroatoms. The zero-order chi connectivity index (χ0) is 13.4. The molecule has 1 rings (SSSR count). The van der Waals surface area contributed by atoms with Crippen molar-refractivity contribution in [3.8, 4) is 6.07 Å². The molecule has 0 amide bonds. The Morgan fingerprint density at radius 1 is 1.56 bits per heavy atom. The molecule has 0 spiro atoms. The Morgan fingerprint density at radius 2 is 2.33 bits per heavy atom. The summed E-state index contributed by atoms with van der Waals surface area (Å²) in [4.78, 5) is 0. The van der Waals surface area contributed by atoms with Crippen LogP contribution in [-0.4, -0.2) is 26.3 Å². The predicted molar refractivity (Wildman–Crippen MR) is 76.4 cm³/mol. The summed E-state index contributed by atoms with van der Waals surface area (Å²) < 4.78 is 6.12. The van der Waals surface area contributed by atoms with Crippen LogP contribution in [0.2, 0.25) is 0 Å². The maximum atomic E-state index is 9.07. The highest BCUT2D eigenvalue weighted by Crippen LogP contribution is 2.22. The Kier molecular flexibility index (Phi) is 6.73. The Bertz CT molecular complexity index is 417. The fraction of sp³-hybridized carbons (Fsp3) is 0.462. The van der Waals surface area contributed by atoms with E-state index in [0.717, 1.165) is 23.0 Å². The first-order valence-electron chi connectivity index (χ1n) is 5.86. The van der Waals surface area contributed by atoms with Crippen LogP contribution in [0.5, 0.6) is 0 Å². The zero-order valence-corrected chi connectivity index (χ0v) is 12.0. The first kappa shape index (κ1) is 15.0. The van der Waals surface area contributed by atoms with Crippen molar-refractivity contribution in [1.29, 1.82) is 5.26 Å². The van der Waals surface area contributed by atoms with Crippen molar-refractivity contribution < 1.29 is 4.74 Å². The number of halogens is 1. The number of nitrogens with zero attached hydrogens (tertiary/aromatic N) is 1. The van der Waals surface area contributed by atoms with Crippen LogP contribution in [-0.2, 0) is 4.74 Å². The number of ether oxygens (including phenoxy) is 1. The van der Waals surface area contributed by atoms with Gasteiger partial charge in [-0.1, -0.05) is 15.9 Å². The van der Waals surface area contributed by atoms with Gasteiger partial charge in [0.1, 0.15) is 6.07 Å². The minimum atomic E-state index is 0.167. The lowest BCUT2D eigenvalue weighted by molar-refractivity contribution is 0.182. The maximum Gasteiger partial charge on any atom is 0.101 e. The number of nitriles is 1. The highest BCUT2D eigenvalue weighted by molar-refractivity contribution is 9.10. The van der Waals surface area contributed by atoms with Gasteiger partial charge in [0.25, 0.3) is 0 Å². The molecule has 18 heavy (non-hydrogen) atoms. The van der Waals surface area contributed by atoms with Crippen LogP contribution in [0.1, 0.15) is 18.4 Å². The Hall–Kier alpha value is -1.09. The first-order valence-corrected chi connectivity index (χ1v) is 6.65. The van der Waals surface area contributed by atoms with E-state index in [1.165, 1.54) is 0 Å². The van der Waals surface area contributed by atoms with Gasteiger partial charge in [0.05, 0.1) is 17.9 Å². The van der Waals surface area contributed by atoms with E-state index in [1.807, 2.05) is 12.1 Å². The van der Waals surface area contributed by atoms with E-state index >= 15 is 0 Å². The fourth-order valence-corrected chi connectivity index (χ4v) is 2.08. The van der Waals surface area contributed by atoms with Gasteiger partial charge in [-0.15, -0.1) is 0 Å². The van der Waals surface area contributed by atoms with E-state index < -0.39 is 0 Å². The topological polar surface area (TPSA) is 71.1 Å². The van der Waals surface area contributed by atoms with Crippen LogP contribution in [0.4, 0.5) is 5.69 Å². The standard InChI is InChI=1S/C13H18BrN3O/c1-18-9-12(3-2-6-15)17-13-7-11(14)5-4-10(13)8-16/h4-5,7,12,17H,2-3,6,9,15H2,1H3. The van der Waals surface area contributed by atoms with Crippen LogP contribution in [0.15, 0.2) is 22.7 Å². The quantitative estimate of drug-likeness (QED) is 0.811. The van der Waals surface area contributed by atoms with Gasteiger partial charge in [-0.25, -0.2) is 0 Å². The summed E-state index contributed by atoms with van der Waals surface area (Å²) in [6, 6.07) is 7.90. The molecule has 0 aliphatic carbocycles. The highest BCUT2D eigenvalue weighted by Gasteiger charge is 2.10. The fourth-order valence-electron chi connectivity index (χ4n) is 1.72. The van der Waals surface area contributed by atoms with Crippen LogP contribution in [0, 0.1) is 11.3 Å². The van der Waals surface area contributed by atoms with Gasteiger partial charge >= 0.3 is 0 Å². The molecule has 1 atom stereocenters. The van der Waals surface area contributed by atoms with E-state index in [0.29, 0.717) is 18.7 Å². The maximum absolute atomic E-state index is 9.07. The second kappa shape index (κ2) is 8.09. The van der Waals surface area contributed by atoms with Crippen molar-refractivity contribution in [2.75, 3.05) is 25.6 Å². The Labute approximate surface area is 116 Å². The SMILES string of the molecule is COCC(CCCN)Nc1cc(Br)ccc1C#N. The van der Waals surface area contributed by atoms with E-state index in [1.54, 1.807) is 13.2 Å². The molecule has 4 nitrogen and oxygen atoms in total. The van der Waals surface area contributed by atoms with Crippen molar-refractivity contribution in [3.63, 3.8) is 0 Å². The molecule has 0 aliphatic rings. The number of hydrogen-bond donors (Lipinski definition) is 2. The molecule has 0 saturated carbocycles. The van der Waals surface area contributed by atoms with Crippen LogP contribution in [0.25, 0.3) is 0 Å². The summed E-state index contributed by atoms with van der Waals surface area (Å²) in [6.07, 6.45) is 1.85. The number of rotatable bonds is 7. The second-order valence-electron chi connectivity index (χ2n) is 4.03. The van der Waals surface area contributed by atoms with Crippen molar-refractivity contribution >= 4 is 21.6 Å². The van der Waals surface area contributed by atoms with Gasteiger partial charge in [-0.2, -0.15) is 5.26 Å². The number of nitrogens with two attached hydrogens (primary N) is 1. The molecule has 3 N–H and O–H groups in total. The lowest BCUT2D eigenvalue weighted by atomic mass is 10.1. The minimum absolute atomic E-state index is 0.167. The van der Waals surface area contributed by atoms with E-state index in [2.05, 4.69) is 27.3 Å². The number of nitrogens with one attached hydrogen (secondary N) is 1. The summed E-state index contributed by atoms with van der Waals surface area (Å²) in [7, 11) is 1.67. The van der Waals surface area contributed by atoms with Crippen LogP contribution < -0.4 is 11.1 Å². The van der Waals surface area contributed by atoms with Crippen molar-refractivity contribution in [3.05, 3.63) is 28.2 Å². The molecular weight excluding hydrogens is 294 g/mol. The Balaban J connectivity index is 2.79. The highest BCUT2D eigenvalue weighted by atomic mass is 79.9. The van der Waals surface area contributed by atoms with Gasteiger partial charge in [-0.05, 0) is 37.6 Å². The van der Waals surface area contributed by atoms with Crippen LogP contribution in [0.3, 0.4) is 0 Å². The van der Waals surface area contributed by atoms with Crippen molar-refractivity contribution in [2.45, 2.75) is 18.9 Å². The lowest BCUT2D eigenvalue weighted by Crippen LogP contribution is -2.26. The number of anilines is 1. The predicted octanol–water partition coefficient (Wildman–Crippen LogP) is 2.49. The average Bonchev–Trinajstić information content (AvgIpc) is 2.36. The van der Waals surface area contributed by atoms with Gasteiger partial charge in [0.15, 0.2) is 0 Å². The molecule has 0 heterocycles. The van der Waals surface area contributed by atoms with Gasteiger partial charge < -0.3 is 15.8 Å². The van der Waals surface area contributed by atoms with Gasteiger partial charge in [0, 0.05) is 17.6 Å². The summed E-state index contributed by atoms with van der Waals surface area (Å²) >= 11 is 3.41. The van der Waals surface area contributed by atoms with E-state index in [-0.39, 0.29) is 6.04 Å². The molecule has 1 aromatic carbocycles. The number of hydrogen-bond acceptors (Lipinski definition) is 4. The third-order valence-electron chi connectivity index (χ3n) is 2.59. The zero-order valence-electron chi connectivity index (χ0n) is 10.4. The van der Waals surface area contributed by atoms with E-state index in [9.17, 15) is 0 Å². The molecular formula is C13H18BrN3O. The van der Waals surface area contributed by atoms with Gasteiger partial charge in [-0.3, -0.25) is 0 Å². The third kappa shape index (κ3) is 4.65. The molecule has 98 valence electrons. The second-order valence-corrected chi connectivity index (χ2v) is 4.94. The van der Waals surface area contributed by atoms with E-state index in [4.69, 9.17) is 15.7 Å². The molecule has 1 aromatic rings. The molecule has 1 unspecified atom stereocenters. The number of methoxy groups -OCH3 is 1. The molecule has 0 saturated heterocycles. The van der Waals surface area contributed by atoms with Crippen molar-refractivity contribution in [1.82, 2.24) is 0 Å². The smallest absolute Gasteiger partial charge is 0.101 e. The minimum Gasteiger partial charge on any atom is -0.383 e. The largest absolute Gasteiger partial charge is 0.383 e. The molecule has 0 fully saturated rings. The normalized spacial score (nSPS) is 11.9. The summed E-state index contributed by atoms with van der Waals surface area (Å²) in [6.45, 7) is 1.25. The monoisotopic (exact) mass is 311 g/mol. The molecule has 0 aromatic heterocycles. The molecule has 0 bridgehead atoms. The van der Waals surface area contributed by atoms with Crippen molar-refractivity contribution in [2.24, 2.45) is 5.73 Å². The van der Waals surface area contributed by atoms with Gasteiger partial charge in [0.2, 0.25) is 0 Å². The molecule has 0 aliphatic heterocycles. The summed E-state index contributed by atoms with van der Waals surface area (Å²) in [5, 5.41) is 12.4. The summed E-state index contributed by atoms with van der Waals surface area (Å²) in [5.41, 5.74) is 6.97. The molecule has 0 radical (unpaired) electrons. The third-order valence-corrected chi connectivity index (χ3v) is 3.08. The average molecular weight is 312 g/mol. The number of benzene rings is 1. The Morgan fingerprint density at radius 3 is 2.94 bits per heavy atom.